The molecule has 37 heavy (non-hydrogen) atoms. The molecule has 0 radical (unpaired) electrons. The van der Waals surface area contributed by atoms with Crippen molar-refractivity contribution in [3.8, 4) is 5.75 Å². The van der Waals surface area contributed by atoms with E-state index in [0.717, 1.165) is 34.6 Å². The lowest BCUT2D eigenvalue weighted by Crippen LogP contribution is -2.49. The van der Waals surface area contributed by atoms with Crippen LogP contribution in [0.3, 0.4) is 0 Å². The van der Waals surface area contributed by atoms with Crippen LogP contribution in [0.2, 0.25) is 18.1 Å². The average molecular weight is 517 g/mol. The summed E-state index contributed by atoms with van der Waals surface area (Å²) >= 11 is 0. The number of carbonyl (C=O) groups is 1. The van der Waals surface area contributed by atoms with E-state index in [2.05, 4.69) is 64.2 Å². The SMILES string of the molecule is CCOC(=O)c1ccc(/C=C/c2ccc(C34CC5CC(CC(C5)C3)C4)c(O[Si](C)(C)C(C)(C)C)c2)cc1. The van der Waals surface area contributed by atoms with E-state index in [1.165, 1.54) is 44.1 Å². The summed E-state index contributed by atoms with van der Waals surface area (Å²) in [6.45, 7) is 13.9. The van der Waals surface area contributed by atoms with Crippen LogP contribution in [0, 0.1) is 17.8 Å². The van der Waals surface area contributed by atoms with Crippen LogP contribution in [0.15, 0.2) is 42.5 Å². The summed E-state index contributed by atoms with van der Waals surface area (Å²) in [5, 5.41) is 0.151. The smallest absolute Gasteiger partial charge is 0.338 e. The zero-order valence-electron chi connectivity index (χ0n) is 23.6. The van der Waals surface area contributed by atoms with Crippen LogP contribution in [0.25, 0.3) is 12.2 Å². The monoisotopic (exact) mass is 516 g/mol. The predicted octanol–water partition coefficient (Wildman–Crippen LogP) is 8.89. The Balaban J connectivity index is 1.45. The Morgan fingerprint density at radius 2 is 1.46 bits per heavy atom. The van der Waals surface area contributed by atoms with Gasteiger partial charge in [-0.2, -0.15) is 0 Å². The topological polar surface area (TPSA) is 35.5 Å². The van der Waals surface area contributed by atoms with E-state index in [4.69, 9.17) is 9.16 Å². The normalized spacial score (nSPS) is 27.0. The highest BCUT2D eigenvalue weighted by Gasteiger charge is 2.53. The largest absolute Gasteiger partial charge is 0.543 e. The molecule has 0 heterocycles. The van der Waals surface area contributed by atoms with Crippen molar-refractivity contribution in [1.29, 1.82) is 0 Å². The van der Waals surface area contributed by atoms with Gasteiger partial charge in [-0.1, -0.05) is 57.2 Å². The first-order valence-electron chi connectivity index (χ1n) is 14.3. The van der Waals surface area contributed by atoms with Crippen LogP contribution in [0.4, 0.5) is 0 Å². The van der Waals surface area contributed by atoms with E-state index in [9.17, 15) is 4.79 Å². The molecule has 4 aliphatic carbocycles. The molecule has 0 saturated heterocycles. The summed E-state index contributed by atoms with van der Waals surface area (Å²) < 4.78 is 12.2. The third-order valence-corrected chi connectivity index (χ3v) is 14.0. The standard InChI is InChI=1S/C33H44O3Si/c1-7-35-31(34)28-13-10-23(11-14-28)8-9-24-12-15-29(30(19-24)36-37(5,6)32(2,3)4)33-20-25-16-26(21-33)18-27(17-25)22-33/h8-15,19,25-27H,7,16-18,20-22H2,1-6H3/b9-8+. The summed E-state index contributed by atoms with van der Waals surface area (Å²) in [5.74, 6) is 3.58. The summed E-state index contributed by atoms with van der Waals surface area (Å²) in [5.41, 5.74) is 4.59. The maximum absolute atomic E-state index is 12.0. The maximum Gasteiger partial charge on any atom is 0.338 e. The summed E-state index contributed by atoms with van der Waals surface area (Å²) in [4.78, 5) is 12.0. The van der Waals surface area contributed by atoms with Crippen molar-refractivity contribution >= 4 is 26.4 Å². The minimum absolute atomic E-state index is 0.151. The molecule has 0 aromatic heterocycles. The maximum atomic E-state index is 12.0. The van der Waals surface area contributed by atoms with Gasteiger partial charge in [-0.05, 0) is 122 Å². The average Bonchev–Trinajstić information content (AvgIpc) is 2.81. The number of carbonyl (C=O) groups excluding carboxylic acids is 1. The molecule has 2 aromatic rings. The lowest BCUT2D eigenvalue weighted by atomic mass is 9.48. The molecule has 4 aliphatic rings. The Kier molecular flexibility index (Phi) is 6.93. The third kappa shape index (κ3) is 5.32. The first-order chi connectivity index (χ1) is 17.5. The van der Waals surface area contributed by atoms with Crippen LogP contribution in [0.1, 0.15) is 93.3 Å². The number of benzene rings is 2. The van der Waals surface area contributed by atoms with E-state index in [1.807, 2.05) is 31.2 Å². The second-order valence-electron chi connectivity index (χ2n) is 13.5. The first-order valence-corrected chi connectivity index (χ1v) is 17.2. The van der Waals surface area contributed by atoms with E-state index >= 15 is 0 Å². The van der Waals surface area contributed by atoms with Crippen molar-refractivity contribution in [3.05, 3.63) is 64.7 Å². The summed E-state index contributed by atoms with van der Waals surface area (Å²) in [6, 6.07) is 14.6. The van der Waals surface area contributed by atoms with Gasteiger partial charge in [0.2, 0.25) is 8.32 Å². The van der Waals surface area contributed by atoms with Gasteiger partial charge in [-0.15, -0.1) is 0 Å². The van der Waals surface area contributed by atoms with E-state index in [-0.39, 0.29) is 11.0 Å². The molecule has 4 bridgehead atoms. The molecule has 0 spiro atoms. The summed E-state index contributed by atoms with van der Waals surface area (Å²) in [7, 11) is -1.99. The molecule has 0 aliphatic heterocycles. The predicted molar refractivity (Wildman–Crippen MR) is 155 cm³/mol. The van der Waals surface area contributed by atoms with Crippen LogP contribution in [0.5, 0.6) is 5.75 Å². The molecule has 4 heteroatoms. The number of rotatable bonds is 7. The Hall–Kier alpha value is -2.33. The van der Waals surface area contributed by atoms with Gasteiger partial charge in [0, 0.05) is 0 Å². The van der Waals surface area contributed by atoms with Crippen LogP contribution < -0.4 is 4.43 Å². The van der Waals surface area contributed by atoms with Crippen molar-refractivity contribution in [1.82, 2.24) is 0 Å². The Bertz CT molecular complexity index is 1130. The Morgan fingerprint density at radius 1 is 0.919 bits per heavy atom. The van der Waals surface area contributed by atoms with Gasteiger partial charge in [0.15, 0.2) is 0 Å². The molecule has 6 rings (SSSR count). The minimum Gasteiger partial charge on any atom is -0.543 e. The number of ether oxygens (including phenoxy) is 1. The Labute approximate surface area is 224 Å². The summed E-state index contributed by atoms with van der Waals surface area (Å²) in [6.07, 6.45) is 12.7. The lowest BCUT2D eigenvalue weighted by Gasteiger charge is -2.57. The fraction of sp³-hybridized carbons (Fsp3) is 0.545. The first kappa shape index (κ1) is 26.3. The van der Waals surface area contributed by atoms with Crippen LogP contribution in [-0.2, 0) is 10.2 Å². The highest BCUT2D eigenvalue weighted by molar-refractivity contribution is 6.74. The molecule has 0 unspecified atom stereocenters. The number of hydrogen-bond donors (Lipinski definition) is 0. The van der Waals surface area contributed by atoms with Gasteiger partial charge in [0.05, 0.1) is 12.2 Å². The molecular weight excluding hydrogens is 472 g/mol. The molecule has 3 nitrogen and oxygen atoms in total. The zero-order valence-corrected chi connectivity index (χ0v) is 24.6. The quantitative estimate of drug-likeness (QED) is 0.209. The molecule has 4 saturated carbocycles. The fourth-order valence-corrected chi connectivity index (χ4v) is 8.20. The Morgan fingerprint density at radius 3 is 2.00 bits per heavy atom. The highest BCUT2D eigenvalue weighted by Crippen LogP contribution is 2.62. The second-order valence-corrected chi connectivity index (χ2v) is 18.2. The van der Waals surface area contributed by atoms with Gasteiger partial charge in [-0.3, -0.25) is 0 Å². The molecule has 0 N–H and O–H groups in total. The molecule has 0 atom stereocenters. The molecule has 0 amide bonds. The molecular formula is C33H44O3Si. The van der Waals surface area contributed by atoms with Crippen molar-refractivity contribution in [2.75, 3.05) is 6.61 Å². The zero-order chi connectivity index (χ0) is 26.4. The van der Waals surface area contributed by atoms with Crippen molar-refractivity contribution < 1.29 is 14.0 Å². The van der Waals surface area contributed by atoms with Gasteiger partial charge < -0.3 is 9.16 Å². The molecule has 198 valence electrons. The van der Waals surface area contributed by atoms with Gasteiger partial charge in [0.1, 0.15) is 5.75 Å². The van der Waals surface area contributed by atoms with Gasteiger partial charge in [0.25, 0.3) is 0 Å². The van der Waals surface area contributed by atoms with Crippen LogP contribution in [-0.4, -0.2) is 20.9 Å². The van der Waals surface area contributed by atoms with Crippen molar-refractivity contribution in [2.24, 2.45) is 17.8 Å². The van der Waals surface area contributed by atoms with E-state index in [1.54, 1.807) is 0 Å². The molecule has 2 aromatic carbocycles. The van der Waals surface area contributed by atoms with Gasteiger partial charge >= 0.3 is 5.97 Å². The number of esters is 1. The van der Waals surface area contributed by atoms with E-state index < -0.39 is 8.32 Å². The second kappa shape index (κ2) is 9.76. The van der Waals surface area contributed by atoms with Crippen molar-refractivity contribution in [2.45, 2.75) is 89.8 Å². The molecule has 4 fully saturated rings. The third-order valence-electron chi connectivity index (χ3n) is 9.68. The van der Waals surface area contributed by atoms with Gasteiger partial charge in [-0.25, -0.2) is 4.79 Å². The lowest BCUT2D eigenvalue weighted by molar-refractivity contribution is -0.00586. The number of hydrogen-bond acceptors (Lipinski definition) is 3. The fourth-order valence-electron chi connectivity index (χ4n) is 7.17. The van der Waals surface area contributed by atoms with Crippen LogP contribution >= 0.6 is 0 Å². The van der Waals surface area contributed by atoms with Crippen molar-refractivity contribution in [3.63, 3.8) is 0 Å². The minimum atomic E-state index is -1.99. The van der Waals surface area contributed by atoms with E-state index in [0.29, 0.717) is 17.6 Å². The highest BCUT2D eigenvalue weighted by atomic mass is 28.4.